The number of aliphatic hydroxyl groups is 1. The van der Waals surface area contributed by atoms with Crippen molar-refractivity contribution in [2.24, 2.45) is 0 Å². The van der Waals surface area contributed by atoms with Gasteiger partial charge in [0, 0.05) is 62.9 Å². The van der Waals surface area contributed by atoms with E-state index < -0.39 is 5.60 Å². The summed E-state index contributed by atoms with van der Waals surface area (Å²) in [5.74, 6) is 0.254. The standard InChI is InChI=1S/C26H29ClN4O4S/c1-16(32)31-10-8-19(9-11-31)35-22-12-21(24(33)29-13-17-4-6-18(27)7-5-17)28-14-20(22)23-15-30-25(36-23)26(2,3)34/h4-7,12,14-15,19,34H,8-11,13H2,1-3H3,(H,29,33). The minimum Gasteiger partial charge on any atom is -0.489 e. The predicted octanol–water partition coefficient (Wildman–Crippen LogP) is 4.41. The second kappa shape index (κ2) is 10.9. The molecule has 0 atom stereocenters. The summed E-state index contributed by atoms with van der Waals surface area (Å²) < 4.78 is 6.37. The maximum Gasteiger partial charge on any atom is 0.270 e. The molecule has 3 heterocycles. The number of rotatable bonds is 7. The Morgan fingerprint density at radius 2 is 1.89 bits per heavy atom. The number of carbonyl (C=O) groups is 2. The number of hydrogen-bond acceptors (Lipinski definition) is 7. The first kappa shape index (κ1) is 26.1. The molecule has 0 radical (unpaired) electrons. The maximum absolute atomic E-state index is 12.9. The van der Waals surface area contributed by atoms with Crippen LogP contribution in [0.4, 0.5) is 0 Å². The summed E-state index contributed by atoms with van der Waals surface area (Å²) in [6, 6.07) is 8.90. The largest absolute Gasteiger partial charge is 0.489 e. The molecule has 2 N–H and O–H groups in total. The highest BCUT2D eigenvalue weighted by atomic mass is 35.5. The normalized spacial score (nSPS) is 14.5. The second-order valence-electron chi connectivity index (χ2n) is 9.29. The summed E-state index contributed by atoms with van der Waals surface area (Å²) in [4.78, 5) is 35.9. The van der Waals surface area contributed by atoms with Crippen LogP contribution in [0.2, 0.25) is 5.02 Å². The molecular weight excluding hydrogens is 500 g/mol. The molecule has 0 aliphatic carbocycles. The van der Waals surface area contributed by atoms with Gasteiger partial charge in [-0.05, 0) is 31.5 Å². The van der Waals surface area contributed by atoms with E-state index in [0.717, 1.165) is 10.4 Å². The van der Waals surface area contributed by atoms with Crippen molar-refractivity contribution in [3.05, 3.63) is 64.0 Å². The van der Waals surface area contributed by atoms with Crippen LogP contribution < -0.4 is 10.1 Å². The molecule has 1 aliphatic heterocycles. The summed E-state index contributed by atoms with van der Waals surface area (Å²) in [6.07, 6.45) is 4.57. The number of likely N-dealkylation sites (tertiary alicyclic amines) is 1. The van der Waals surface area contributed by atoms with E-state index in [1.54, 1.807) is 51.4 Å². The number of halogens is 1. The Bertz CT molecular complexity index is 1230. The Morgan fingerprint density at radius 1 is 1.19 bits per heavy atom. The van der Waals surface area contributed by atoms with Crippen LogP contribution in [-0.2, 0) is 16.9 Å². The summed E-state index contributed by atoms with van der Waals surface area (Å²) >= 11 is 7.29. The molecule has 4 rings (SSSR count). The Labute approximate surface area is 219 Å². The number of hydrogen-bond donors (Lipinski definition) is 2. The van der Waals surface area contributed by atoms with Crippen molar-refractivity contribution in [2.45, 2.75) is 51.9 Å². The lowest BCUT2D eigenvalue weighted by Crippen LogP contribution is -2.40. The molecule has 2 amide bonds. The van der Waals surface area contributed by atoms with E-state index in [-0.39, 0.29) is 23.6 Å². The molecule has 0 saturated carbocycles. The van der Waals surface area contributed by atoms with E-state index >= 15 is 0 Å². The minimum absolute atomic E-state index is 0.0569. The number of piperidine rings is 1. The first-order valence-electron chi connectivity index (χ1n) is 11.7. The van der Waals surface area contributed by atoms with Gasteiger partial charge in [0.1, 0.15) is 28.2 Å². The molecular formula is C26H29ClN4O4S. The number of ether oxygens (including phenoxy) is 1. The van der Waals surface area contributed by atoms with Gasteiger partial charge in [-0.25, -0.2) is 4.98 Å². The molecule has 1 aliphatic rings. The molecule has 8 nitrogen and oxygen atoms in total. The SMILES string of the molecule is CC(=O)N1CCC(Oc2cc(C(=O)NCc3ccc(Cl)cc3)ncc2-c2cnc(C(C)(C)O)s2)CC1. The van der Waals surface area contributed by atoms with Crippen LogP contribution in [0.3, 0.4) is 0 Å². The van der Waals surface area contributed by atoms with Crippen molar-refractivity contribution in [1.29, 1.82) is 0 Å². The molecule has 1 fully saturated rings. The molecule has 10 heteroatoms. The topological polar surface area (TPSA) is 105 Å². The van der Waals surface area contributed by atoms with Crippen molar-refractivity contribution in [3.63, 3.8) is 0 Å². The first-order valence-corrected chi connectivity index (χ1v) is 12.9. The number of amides is 2. The number of benzene rings is 1. The van der Waals surface area contributed by atoms with Crippen LogP contribution in [0.25, 0.3) is 10.4 Å². The Hall–Kier alpha value is -3.01. The smallest absolute Gasteiger partial charge is 0.270 e. The summed E-state index contributed by atoms with van der Waals surface area (Å²) in [6.45, 7) is 6.52. The molecule has 0 bridgehead atoms. The fraction of sp³-hybridized carbons (Fsp3) is 0.385. The Morgan fingerprint density at radius 3 is 2.50 bits per heavy atom. The molecule has 190 valence electrons. The number of carbonyl (C=O) groups excluding carboxylic acids is 2. The van der Waals surface area contributed by atoms with E-state index in [1.807, 2.05) is 17.0 Å². The highest BCUT2D eigenvalue weighted by Gasteiger charge is 2.26. The van der Waals surface area contributed by atoms with Gasteiger partial charge in [-0.15, -0.1) is 11.3 Å². The third kappa shape index (κ3) is 6.40. The quantitative estimate of drug-likeness (QED) is 0.471. The van der Waals surface area contributed by atoms with Crippen LogP contribution in [0.5, 0.6) is 5.75 Å². The number of thiazole rings is 1. The molecule has 1 saturated heterocycles. The Balaban J connectivity index is 1.56. The Kier molecular flexibility index (Phi) is 7.92. The molecule has 0 unspecified atom stereocenters. The highest BCUT2D eigenvalue weighted by Crippen LogP contribution is 2.37. The minimum atomic E-state index is -1.07. The summed E-state index contributed by atoms with van der Waals surface area (Å²) in [5.41, 5.74) is 0.780. The monoisotopic (exact) mass is 528 g/mol. The second-order valence-corrected chi connectivity index (χ2v) is 10.8. The zero-order chi connectivity index (χ0) is 25.9. The molecule has 36 heavy (non-hydrogen) atoms. The van der Waals surface area contributed by atoms with E-state index in [1.165, 1.54) is 11.3 Å². The van der Waals surface area contributed by atoms with Crippen LogP contribution in [0, 0.1) is 0 Å². The van der Waals surface area contributed by atoms with Crippen molar-refractivity contribution < 1.29 is 19.4 Å². The zero-order valence-corrected chi connectivity index (χ0v) is 22.0. The lowest BCUT2D eigenvalue weighted by molar-refractivity contribution is -0.130. The fourth-order valence-electron chi connectivity index (χ4n) is 3.87. The third-order valence-electron chi connectivity index (χ3n) is 5.94. The molecule has 0 spiro atoms. The van der Waals surface area contributed by atoms with E-state index in [0.29, 0.717) is 53.8 Å². The summed E-state index contributed by atoms with van der Waals surface area (Å²) in [5, 5.41) is 14.4. The zero-order valence-electron chi connectivity index (χ0n) is 20.5. The van der Waals surface area contributed by atoms with Gasteiger partial charge in [-0.3, -0.25) is 14.6 Å². The van der Waals surface area contributed by atoms with Gasteiger partial charge in [0.05, 0.1) is 10.4 Å². The molecule has 3 aromatic rings. The van der Waals surface area contributed by atoms with Gasteiger partial charge in [-0.2, -0.15) is 0 Å². The molecule has 1 aromatic carbocycles. The lowest BCUT2D eigenvalue weighted by atomic mass is 10.1. The van der Waals surface area contributed by atoms with E-state index in [9.17, 15) is 14.7 Å². The average molecular weight is 529 g/mol. The third-order valence-corrected chi connectivity index (χ3v) is 7.54. The van der Waals surface area contributed by atoms with Crippen LogP contribution in [-0.4, -0.2) is 51.0 Å². The summed E-state index contributed by atoms with van der Waals surface area (Å²) in [7, 11) is 0. The van der Waals surface area contributed by atoms with Crippen molar-refractivity contribution in [1.82, 2.24) is 20.2 Å². The number of pyridine rings is 1. The van der Waals surface area contributed by atoms with Gasteiger partial charge in [-0.1, -0.05) is 23.7 Å². The van der Waals surface area contributed by atoms with E-state index in [4.69, 9.17) is 16.3 Å². The van der Waals surface area contributed by atoms with Gasteiger partial charge in [0.15, 0.2) is 0 Å². The lowest BCUT2D eigenvalue weighted by Gasteiger charge is -2.31. The predicted molar refractivity (Wildman–Crippen MR) is 139 cm³/mol. The van der Waals surface area contributed by atoms with Crippen LogP contribution >= 0.6 is 22.9 Å². The van der Waals surface area contributed by atoms with E-state index in [2.05, 4.69) is 15.3 Å². The first-order chi connectivity index (χ1) is 17.1. The number of aromatic nitrogens is 2. The van der Waals surface area contributed by atoms with Gasteiger partial charge in [0.2, 0.25) is 5.91 Å². The highest BCUT2D eigenvalue weighted by molar-refractivity contribution is 7.15. The maximum atomic E-state index is 12.9. The van der Waals surface area contributed by atoms with Crippen molar-refractivity contribution in [2.75, 3.05) is 13.1 Å². The number of nitrogens with one attached hydrogen (secondary N) is 1. The van der Waals surface area contributed by atoms with Crippen LogP contribution in [0.15, 0.2) is 42.7 Å². The average Bonchev–Trinajstić information content (AvgIpc) is 3.35. The van der Waals surface area contributed by atoms with Gasteiger partial charge < -0.3 is 20.1 Å². The fourth-order valence-corrected chi connectivity index (χ4v) is 4.93. The van der Waals surface area contributed by atoms with Gasteiger partial charge in [0.25, 0.3) is 5.91 Å². The van der Waals surface area contributed by atoms with Crippen molar-refractivity contribution >= 4 is 34.8 Å². The number of nitrogens with zero attached hydrogens (tertiary/aromatic N) is 3. The van der Waals surface area contributed by atoms with Gasteiger partial charge >= 0.3 is 0 Å². The van der Waals surface area contributed by atoms with Crippen molar-refractivity contribution in [3.8, 4) is 16.2 Å². The van der Waals surface area contributed by atoms with Crippen LogP contribution in [0.1, 0.15) is 54.7 Å². The molecule has 2 aromatic heterocycles.